The highest BCUT2D eigenvalue weighted by Gasteiger charge is 2.14. The molecule has 1 N–H and O–H groups in total. The average molecular weight is 389 g/mol. The summed E-state index contributed by atoms with van der Waals surface area (Å²) < 4.78 is 12.1. The van der Waals surface area contributed by atoms with Crippen LogP contribution in [0.2, 0.25) is 0 Å². The lowest BCUT2D eigenvalue weighted by Gasteiger charge is -2.08. The number of benzene rings is 2. The van der Waals surface area contributed by atoms with Gasteiger partial charge < -0.3 is 14.8 Å². The quantitative estimate of drug-likeness (QED) is 0.545. The van der Waals surface area contributed by atoms with Crippen molar-refractivity contribution in [1.29, 1.82) is 0 Å². The molecule has 2 aromatic carbocycles. The first-order valence-corrected chi connectivity index (χ1v) is 8.96. The van der Waals surface area contributed by atoms with Crippen LogP contribution in [0.25, 0.3) is 16.9 Å². The third-order valence-corrected chi connectivity index (χ3v) is 4.47. The largest absolute Gasteiger partial charge is 0.497 e. The second kappa shape index (κ2) is 7.97. The van der Waals surface area contributed by atoms with E-state index in [9.17, 15) is 4.79 Å². The van der Waals surface area contributed by atoms with E-state index in [2.05, 4.69) is 20.6 Å². The number of para-hydroxylation sites is 1. The molecular weight excluding hydrogens is 370 g/mol. The number of amides is 1. The third kappa shape index (κ3) is 3.73. The van der Waals surface area contributed by atoms with Crippen LogP contribution >= 0.6 is 0 Å². The van der Waals surface area contributed by atoms with Gasteiger partial charge in [0.05, 0.1) is 32.0 Å². The van der Waals surface area contributed by atoms with Gasteiger partial charge in [-0.3, -0.25) is 4.79 Å². The number of hydrogen-bond acceptors (Lipinski definition) is 6. The Kier molecular flexibility index (Phi) is 5.07. The van der Waals surface area contributed by atoms with Gasteiger partial charge in [-0.1, -0.05) is 12.1 Å². The van der Waals surface area contributed by atoms with Gasteiger partial charge >= 0.3 is 0 Å². The Labute approximate surface area is 167 Å². The average Bonchev–Trinajstić information content (AvgIpc) is 3.19. The maximum atomic E-state index is 12.5. The maximum Gasteiger partial charge on any atom is 0.255 e. The molecule has 0 saturated heterocycles. The highest BCUT2D eigenvalue weighted by Crippen LogP contribution is 2.21. The van der Waals surface area contributed by atoms with Crippen LogP contribution in [0.4, 0.5) is 0 Å². The molecule has 0 bridgehead atoms. The van der Waals surface area contributed by atoms with Crippen molar-refractivity contribution in [2.45, 2.75) is 6.54 Å². The van der Waals surface area contributed by atoms with Gasteiger partial charge in [0.1, 0.15) is 11.5 Å². The van der Waals surface area contributed by atoms with E-state index in [1.807, 2.05) is 42.5 Å². The first-order valence-electron chi connectivity index (χ1n) is 8.96. The van der Waals surface area contributed by atoms with E-state index >= 15 is 0 Å². The maximum absolute atomic E-state index is 12.5. The van der Waals surface area contributed by atoms with Crippen LogP contribution in [-0.4, -0.2) is 39.9 Å². The number of hydrogen-bond donors (Lipinski definition) is 1. The van der Waals surface area contributed by atoms with Crippen LogP contribution in [0, 0.1) is 0 Å². The molecule has 0 aliphatic heterocycles. The third-order valence-electron chi connectivity index (χ3n) is 4.47. The zero-order chi connectivity index (χ0) is 20.2. The highest BCUT2D eigenvalue weighted by atomic mass is 16.5. The number of nitrogens with zero attached hydrogens (tertiary/aromatic N) is 4. The molecule has 0 atom stereocenters. The van der Waals surface area contributed by atoms with Crippen LogP contribution in [0.15, 0.2) is 60.7 Å². The van der Waals surface area contributed by atoms with Crippen molar-refractivity contribution in [1.82, 2.24) is 25.1 Å². The Balaban J connectivity index is 1.57. The molecule has 0 aliphatic carbocycles. The van der Waals surface area contributed by atoms with Gasteiger partial charge in [0.2, 0.25) is 0 Å². The Morgan fingerprint density at radius 3 is 2.52 bits per heavy atom. The Hall–Kier alpha value is -3.94. The molecule has 4 rings (SSSR count). The fourth-order valence-electron chi connectivity index (χ4n) is 2.95. The van der Waals surface area contributed by atoms with E-state index in [0.29, 0.717) is 22.8 Å². The van der Waals surface area contributed by atoms with Crippen molar-refractivity contribution in [2.75, 3.05) is 14.2 Å². The normalized spacial score (nSPS) is 10.7. The lowest BCUT2D eigenvalue weighted by molar-refractivity contribution is 0.0946. The molecule has 8 nitrogen and oxygen atoms in total. The Morgan fingerprint density at radius 2 is 1.76 bits per heavy atom. The van der Waals surface area contributed by atoms with Crippen molar-refractivity contribution in [3.8, 4) is 22.8 Å². The van der Waals surface area contributed by atoms with Crippen LogP contribution < -0.4 is 14.8 Å². The van der Waals surface area contributed by atoms with Crippen molar-refractivity contribution >= 4 is 11.6 Å². The van der Waals surface area contributed by atoms with Crippen LogP contribution in [0.3, 0.4) is 0 Å². The van der Waals surface area contributed by atoms with Gasteiger partial charge in [-0.05, 0) is 48.5 Å². The number of carbonyl (C=O) groups is 1. The van der Waals surface area contributed by atoms with Crippen LogP contribution in [0.5, 0.6) is 11.5 Å². The smallest absolute Gasteiger partial charge is 0.255 e. The van der Waals surface area contributed by atoms with Gasteiger partial charge in [0.25, 0.3) is 5.91 Å². The van der Waals surface area contributed by atoms with E-state index in [-0.39, 0.29) is 12.5 Å². The molecule has 8 heteroatoms. The molecule has 2 heterocycles. The Bertz CT molecular complexity index is 1150. The molecule has 29 heavy (non-hydrogen) atoms. The van der Waals surface area contributed by atoms with Crippen LogP contribution in [-0.2, 0) is 6.54 Å². The molecular formula is C21H19N5O3. The van der Waals surface area contributed by atoms with Crippen molar-refractivity contribution in [3.63, 3.8) is 0 Å². The molecule has 0 saturated carbocycles. The molecule has 4 aromatic rings. The first-order chi connectivity index (χ1) is 14.2. The fraction of sp³-hybridized carbons (Fsp3) is 0.143. The summed E-state index contributed by atoms with van der Waals surface area (Å²) in [4.78, 5) is 12.5. The zero-order valence-corrected chi connectivity index (χ0v) is 16.0. The van der Waals surface area contributed by atoms with Gasteiger partial charge in [-0.25, -0.2) is 0 Å². The summed E-state index contributed by atoms with van der Waals surface area (Å²) in [5.41, 5.74) is 2.75. The number of carbonyl (C=O) groups excluding carboxylic acids is 1. The molecule has 0 radical (unpaired) electrons. The number of ether oxygens (including phenoxy) is 2. The molecule has 146 valence electrons. The lowest BCUT2D eigenvalue weighted by atomic mass is 10.1. The molecule has 2 aromatic heterocycles. The van der Waals surface area contributed by atoms with Crippen LogP contribution in [0.1, 0.15) is 16.2 Å². The SMILES string of the molecule is COc1ccc(-c2ccc3nnc(CNC(=O)c4ccccc4OC)n3n2)cc1. The van der Waals surface area contributed by atoms with E-state index in [0.717, 1.165) is 17.0 Å². The summed E-state index contributed by atoms with van der Waals surface area (Å²) in [6.45, 7) is 0.178. The minimum absolute atomic E-state index is 0.178. The summed E-state index contributed by atoms with van der Waals surface area (Å²) in [6, 6.07) is 18.4. The monoisotopic (exact) mass is 389 g/mol. The zero-order valence-electron chi connectivity index (χ0n) is 16.0. The van der Waals surface area contributed by atoms with Crippen molar-refractivity contribution in [3.05, 3.63) is 72.1 Å². The molecule has 1 amide bonds. The van der Waals surface area contributed by atoms with Crippen molar-refractivity contribution < 1.29 is 14.3 Å². The summed E-state index contributed by atoms with van der Waals surface area (Å²) in [5.74, 6) is 1.55. The summed E-state index contributed by atoms with van der Waals surface area (Å²) in [6.07, 6.45) is 0. The van der Waals surface area contributed by atoms with E-state index in [1.165, 1.54) is 7.11 Å². The predicted octanol–water partition coefficient (Wildman–Crippen LogP) is 2.74. The number of rotatable bonds is 6. The first kappa shape index (κ1) is 18.4. The minimum Gasteiger partial charge on any atom is -0.497 e. The van der Waals surface area contributed by atoms with E-state index < -0.39 is 0 Å². The van der Waals surface area contributed by atoms with E-state index in [4.69, 9.17) is 9.47 Å². The summed E-state index contributed by atoms with van der Waals surface area (Å²) >= 11 is 0. The number of nitrogens with one attached hydrogen (secondary N) is 1. The molecule has 0 aliphatic rings. The van der Waals surface area contributed by atoms with Gasteiger partial charge in [-0.2, -0.15) is 9.61 Å². The van der Waals surface area contributed by atoms with Gasteiger partial charge in [0, 0.05) is 5.56 Å². The van der Waals surface area contributed by atoms with E-state index in [1.54, 1.807) is 29.8 Å². The summed E-state index contributed by atoms with van der Waals surface area (Å²) in [7, 11) is 3.16. The second-order valence-corrected chi connectivity index (χ2v) is 6.22. The predicted molar refractivity (Wildman–Crippen MR) is 107 cm³/mol. The highest BCUT2D eigenvalue weighted by molar-refractivity contribution is 5.96. The fourth-order valence-corrected chi connectivity index (χ4v) is 2.95. The molecule has 0 fully saturated rings. The topological polar surface area (TPSA) is 90.6 Å². The standard InChI is InChI=1S/C21H19N5O3/c1-28-15-9-7-14(8-10-15)17-11-12-19-23-24-20(26(19)25-17)13-22-21(27)16-5-3-4-6-18(16)29-2/h3-12H,13H2,1-2H3,(H,22,27). The second-order valence-electron chi connectivity index (χ2n) is 6.22. The van der Waals surface area contributed by atoms with Gasteiger partial charge in [0.15, 0.2) is 11.5 Å². The van der Waals surface area contributed by atoms with Crippen molar-refractivity contribution in [2.24, 2.45) is 0 Å². The summed E-state index contributed by atoms with van der Waals surface area (Å²) in [5, 5.41) is 15.7. The van der Waals surface area contributed by atoms with Gasteiger partial charge in [-0.15, -0.1) is 10.2 Å². The molecule has 0 spiro atoms. The number of aromatic nitrogens is 4. The molecule has 0 unspecified atom stereocenters. The lowest BCUT2D eigenvalue weighted by Crippen LogP contribution is -2.24. The number of methoxy groups -OCH3 is 2. The Morgan fingerprint density at radius 1 is 0.966 bits per heavy atom. The number of fused-ring (bicyclic) bond motifs is 1. The minimum atomic E-state index is -0.259.